The zero-order valence-corrected chi connectivity index (χ0v) is 10.8. The van der Waals surface area contributed by atoms with Crippen LogP contribution in [-0.4, -0.2) is 19.7 Å². The Morgan fingerprint density at radius 2 is 2.06 bits per heavy atom. The van der Waals surface area contributed by atoms with Crippen LogP contribution in [-0.2, 0) is 6.54 Å². The second kappa shape index (κ2) is 4.33. The fourth-order valence-corrected chi connectivity index (χ4v) is 2.10. The van der Waals surface area contributed by atoms with Crippen molar-refractivity contribution in [2.75, 3.05) is 5.73 Å². The highest BCUT2D eigenvalue weighted by molar-refractivity contribution is 6.35. The standard InChI is InChI=1S/C11H14ClN5/c1-4-17-7(3)8(6(2)16-17)10-9(12)11(13)15-5-14-10/h5H,4H2,1-3H3,(H2,13,14,15). The lowest BCUT2D eigenvalue weighted by molar-refractivity contribution is 0.634. The molecule has 0 fully saturated rings. The number of nitrogen functional groups attached to an aromatic ring is 1. The van der Waals surface area contributed by atoms with Crippen molar-refractivity contribution in [1.82, 2.24) is 19.7 Å². The molecule has 0 saturated carbocycles. The summed E-state index contributed by atoms with van der Waals surface area (Å²) in [6.07, 6.45) is 1.42. The predicted octanol–water partition coefficient (Wildman–Crippen LogP) is 2.21. The smallest absolute Gasteiger partial charge is 0.146 e. The summed E-state index contributed by atoms with van der Waals surface area (Å²) in [6, 6.07) is 0. The number of anilines is 1. The molecule has 0 saturated heterocycles. The van der Waals surface area contributed by atoms with Crippen molar-refractivity contribution < 1.29 is 0 Å². The zero-order chi connectivity index (χ0) is 12.6. The predicted molar refractivity (Wildman–Crippen MR) is 67.8 cm³/mol. The summed E-state index contributed by atoms with van der Waals surface area (Å²) in [6.45, 7) is 6.78. The monoisotopic (exact) mass is 251 g/mol. The van der Waals surface area contributed by atoms with Crippen molar-refractivity contribution >= 4 is 17.4 Å². The molecule has 0 amide bonds. The van der Waals surface area contributed by atoms with E-state index in [1.54, 1.807) is 0 Å². The van der Waals surface area contributed by atoms with E-state index in [1.165, 1.54) is 6.33 Å². The van der Waals surface area contributed by atoms with Gasteiger partial charge < -0.3 is 5.73 Å². The summed E-state index contributed by atoms with van der Waals surface area (Å²) in [7, 11) is 0. The van der Waals surface area contributed by atoms with Crippen LogP contribution >= 0.6 is 11.6 Å². The fraction of sp³-hybridized carbons (Fsp3) is 0.364. The van der Waals surface area contributed by atoms with Gasteiger partial charge in [-0.3, -0.25) is 4.68 Å². The van der Waals surface area contributed by atoms with Gasteiger partial charge in [0.25, 0.3) is 0 Å². The van der Waals surface area contributed by atoms with Crippen LogP contribution in [0.25, 0.3) is 11.3 Å². The van der Waals surface area contributed by atoms with Gasteiger partial charge in [-0.15, -0.1) is 0 Å². The second-order valence-corrected chi connectivity index (χ2v) is 4.16. The maximum absolute atomic E-state index is 6.14. The molecule has 90 valence electrons. The van der Waals surface area contributed by atoms with Crippen molar-refractivity contribution in [1.29, 1.82) is 0 Å². The molecule has 5 nitrogen and oxygen atoms in total. The molecule has 0 aromatic carbocycles. The van der Waals surface area contributed by atoms with Crippen LogP contribution in [0.5, 0.6) is 0 Å². The summed E-state index contributed by atoms with van der Waals surface area (Å²) in [5.74, 6) is 0.291. The first kappa shape index (κ1) is 11.9. The van der Waals surface area contributed by atoms with Crippen LogP contribution in [0.15, 0.2) is 6.33 Å². The first-order valence-electron chi connectivity index (χ1n) is 5.36. The highest BCUT2D eigenvalue weighted by Crippen LogP contribution is 2.32. The highest BCUT2D eigenvalue weighted by Gasteiger charge is 2.18. The van der Waals surface area contributed by atoms with Gasteiger partial charge in [0.1, 0.15) is 17.2 Å². The Balaban J connectivity index is 2.68. The summed E-state index contributed by atoms with van der Waals surface area (Å²) in [5.41, 5.74) is 9.20. The molecule has 2 aromatic rings. The number of aromatic nitrogens is 4. The molecule has 0 unspecified atom stereocenters. The van der Waals surface area contributed by atoms with E-state index in [-0.39, 0.29) is 0 Å². The van der Waals surface area contributed by atoms with E-state index in [1.807, 2.05) is 25.5 Å². The van der Waals surface area contributed by atoms with E-state index >= 15 is 0 Å². The fourth-order valence-electron chi connectivity index (χ4n) is 1.91. The molecule has 17 heavy (non-hydrogen) atoms. The molecule has 0 atom stereocenters. The average Bonchev–Trinajstić information content (AvgIpc) is 2.58. The van der Waals surface area contributed by atoms with E-state index in [2.05, 4.69) is 15.1 Å². The molecule has 0 aliphatic rings. The van der Waals surface area contributed by atoms with Crippen LogP contribution in [0.2, 0.25) is 5.02 Å². The minimum absolute atomic E-state index is 0.291. The van der Waals surface area contributed by atoms with Gasteiger partial charge in [-0.2, -0.15) is 5.10 Å². The summed E-state index contributed by atoms with van der Waals surface area (Å²) in [4.78, 5) is 8.06. The van der Waals surface area contributed by atoms with E-state index in [9.17, 15) is 0 Å². The van der Waals surface area contributed by atoms with Crippen molar-refractivity contribution in [2.24, 2.45) is 0 Å². The van der Waals surface area contributed by atoms with Crippen LogP contribution in [0.4, 0.5) is 5.82 Å². The van der Waals surface area contributed by atoms with Gasteiger partial charge in [0.15, 0.2) is 0 Å². The summed E-state index contributed by atoms with van der Waals surface area (Å²) >= 11 is 6.14. The third-order valence-electron chi connectivity index (χ3n) is 2.73. The molecular weight excluding hydrogens is 238 g/mol. The third kappa shape index (κ3) is 1.86. The average molecular weight is 252 g/mol. The van der Waals surface area contributed by atoms with E-state index in [0.29, 0.717) is 16.5 Å². The first-order chi connectivity index (χ1) is 8.06. The second-order valence-electron chi connectivity index (χ2n) is 3.78. The maximum atomic E-state index is 6.14. The molecular formula is C11H14ClN5. The van der Waals surface area contributed by atoms with E-state index in [4.69, 9.17) is 17.3 Å². The number of aryl methyl sites for hydroxylation is 2. The Bertz CT molecular complexity index is 561. The number of hydrogen-bond donors (Lipinski definition) is 1. The Kier molecular flexibility index (Phi) is 3.02. The molecule has 0 aliphatic carbocycles. The number of nitrogens with zero attached hydrogens (tertiary/aromatic N) is 4. The normalized spacial score (nSPS) is 10.8. The minimum Gasteiger partial charge on any atom is -0.382 e. The van der Waals surface area contributed by atoms with Crippen LogP contribution in [0.3, 0.4) is 0 Å². The van der Waals surface area contributed by atoms with Gasteiger partial charge in [0.2, 0.25) is 0 Å². The molecule has 2 heterocycles. The van der Waals surface area contributed by atoms with Gasteiger partial charge in [0.05, 0.1) is 11.4 Å². The van der Waals surface area contributed by atoms with Crippen molar-refractivity contribution in [3.05, 3.63) is 22.7 Å². The number of halogens is 1. The largest absolute Gasteiger partial charge is 0.382 e. The lowest BCUT2D eigenvalue weighted by Crippen LogP contribution is -1.99. The number of nitrogens with two attached hydrogens (primary N) is 1. The molecule has 0 radical (unpaired) electrons. The molecule has 0 bridgehead atoms. The SMILES string of the molecule is CCn1nc(C)c(-c2ncnc(N)c2Cl)c1C. The number of rotatable bonds is 2. The number of hydrogen-bond acceptors (Lipinski definition) is 4. The first-order valence-corrected chi connectivity index (χ1v) is 5.74. The van der Waals surface area contributed by atoms with Crippen molar-refractivity contribution in [3.8, 4) is 11.3 Å². The summed E-state index contributed by atoms with van der Waals surface area (Å²) in [5, 5.41) is 4.82. The highest BCUT2D eigenvalue weighted by atomic mass is 35.5. The van der Waals surface area contributed by atoms with E-state index in [0.717, 1.165) is 23.5 Å². The van der Waals surface area contributed by atoms with Gasteiger partial charge >= 0.3 is 0 Å². The van der Waals surface area contributed by atoms with Gasteiger partial charge in [-0.25, -0.2) is 9.97 Å². The Labute approximate surface area is 105 Å². The van der Waals surface area contributed by atoms with Crippen LogP contribution in [0, 0.1) is 13.8 Å². The van der Waals surface area contributed by atoms with Crippen molar-refractivity contribution in [2.45, 2.75) is 27.3 Å². The van der Waals surface area contributed by atoms with Crippen LogP contribution < -0.4 is 5.73 Å². The van der Waals surface area contributed by atoms with E-state index < -0.39 is 0 Å². The zero-order valence-electron chi connectivity index (χ0n) is 10.0. The molecule has 2 N–H and O–H groups in total. The minimum atomic E-state index is 0.291. The third-order valence-corrected chi connectivity index (χ3v) is 3.11. The molecule has 2 aromatic heterocycles. The maximum Gasteiger partial charge on any atom is 0.146 e. The Morgan fingerprint density at radius 1 is 1.35 bits per heavy atom. The van der Waals surface area contributed by atoms with Crippen LogP contribution in [0.1, 0.15) is 18.3 Å². The molecule has 0 aliphatic heterocycles. The Hall–Kier alpha value is -1.62. The van der Waals surface area contributed by atoms with Gasteiger partial charge in [0, 0.05) is 17.8 Å². The van der Waals surface area contributed by atoms with Gasteiger partial charge in [-0.05, 0) is 20.8 Å². The molecule has 6 heteroatoms. The quantitative estimate of drug-likeness (QED) is 0.889. The topological polar surface area (TPSA) is 69.6 Å². The molecule has 0 spiro atoms. The van der Waals surface area contributed by atoms with Crippen molar-refractivity contribution in [3.63, 3.8) is 0 Å². The molecule has 2 rings (SSSR count). The summed E-state index contributed by atoms with van der Waals surface area (Å²) < 4.78 is 1.92. The van der Waals surface area contributed by atoms with Gasteiger partial charge in [-0.1, -0.05) is 11.6 Å². The lowest BCUT2D eigenvalue weighted by atomic mass is 10.1. The Morgan fingerprint density at radius 3 is 2.65 bits per heavy atom. The lowest BCUT2D eigenvalue weighted by Gasteiger charge is -2.05.